The van der Waals surface area contributed by atoms with Crippen molar-refractivity contribution in [3.8, 4) is 5.75 Å². The number of ether oxygens (including phenoxy) is 1. The van der Waals surface area contributed by atoms with Crippen molar-refractivity contribution in [2.75, 3.05) is 24.6 Å². The molecule has 0 radical (unpaired) electrons. The summed E-state index contributed by atoms with van der Waals surface area (Å²) < 4.78 is 5.52. The molecule has 2 aliphatic rings. The maximum absolute atomic E-state index is 13.3. The van der Waals surface area contributed by atoms with E-state index in [-0.39, 0.29) is 17.9 Å². The topological polar surface area (TPSA) is 49.9 Å². The van der Waals surface area contributed by atoms with E-state index in [9.17, 15) is 9.59 Å². The molecular formula is C23H25ClN2O3. The number of anilines is 1. The molecule has 2 heterocycles. The number of carbonyl (C=O) groups excluding carboxylic acids is 2. The van der Waals surface area contributed by atoms with Gasteiger partial charge in [-0.05, 0) is 62.1 Å². The van der Waals surface area contributed by atoms with E-state index in [0.717, 1.165) is 37.1 Å². The Bertz CT molecular complexity index is 913. The molecule has 2 aromatic rings. The highest BCUT2D eigenvalue weighted by Crippen LogP contribution is 2.36. The van der Waals surface area contributed by atoms with E-state index >= 15 is 0 Å². The van der Waals surface area contributed by atoms with Gasteiger partial charge in [-0.2, -0.15) is 0 Å². The molecule has 5 nitrogen and oxygen atoms in total. The lowest BCUT2D eigenvalue weighted by Crippen LogP contribution is -2.31. The molecular weight excluding hydrogens is 388 g/mol. The second-order valence-corrected chi connectivity index (χ2v) is 7.88. The first-order chi connectivity index (χ1) is 14.1. The van der Waals surface area contributed by atoms with E-state index in [0.29, 0.717) is 35.8 Å². The molecule has 2 amide bonds. The Labute approximate surface area is 176 Å². The molecule has 29 heavy (non-hydrogen) atoms. The number of hydrogen-bond acceptors (Lipinski definition) is 3. The lowest BCUT2D eigenvalue weighted by molar-refractivity contribution is -0.117. The van der Waals surface area contributed by atoms with Crippen LogP contribution in [0.4, 0.5) is 5.69 Å². The molecule has 2 aliphatic heterocycles. The monoisotopic (exact) mass is 412 g/mol. The summed E-state index contributed by atoms with van der Waals surface area (Å²) in [7, 11) is 0. The third kappa shape index (κ3) is 3.97. The molecule has 4 rings (SSSR count). The normalized spacial score (nSPS) is 19.1. The number of rotatable bonds is 5. The third-order valence-electron chi connectivity index (χ3n) is 5.65. The lowest BCUT2D eigenvalue weighted by Gasteiger charge is -2.26. The van der Waals surface area contributed by atoms with Gasteiger partial charge in [0.25, 0.3) is 5.91 Å². The summed E-state index contributed by atoms with van der Waals surface area (Å²) in [5.41, 5.74) is 2.32. The molecule has 1 atom stereocenters. The van der Waals surface area contributed by atoms with Crippen LogP contribution in [0.5, 0.6) is 5.75 Å². The Morgan fingerprint density at radius 3 is 2.62 bits per heavy atom. The Balaban J connectivity index is 1.57. The van der Waals surface area contributed by atoms with Crippen molar-refractivity contribution in [1.82, 2.24) is 4.90 Å². The van der Waals surface area contributed by atoms with E-state index in [4.69, 9.17) is 16.3 Å². The summed E-state index contributed by atoms with van der Waals surface area (Å²) in [6, 6.07) is 13.3. The van der Waals surface area contributed by atoms with E-state index in [1.807, 2.05) is 36.1 Å². The van der Waals surface area contributed by atoms with Gasteiger partial charge in [-0.1, -0.05) is 23.7 Å². The first kappa shape index (κ1) is 19.8. The summed E-state index contributed by atoms with van der Waals surface area (Å²) in [5.74, 6) is 0.876. The maximum Gasteiger partial charge on any atom is 0.254 e. The molecule has 0 bridgehead atoms. The Kier molecular flexibility index (Phi) is 5.76. The van der Waals surface area contributed by atoms with Crippen LogP contribution < -0.4 is 9.64 Å². The van der Waals surface area contributed by atoms with Crippen molar-refractivity contribution in [1.29, 1.82) is 0 Å². The standard InChI is InChI=1S/C23H25ClN2O3/c1-2-29-18-10-7-16(8-11-18)20-5-3-14-26(20)23(28)17-9-12-19(24)21(15-17)25-13-4-6-22(25)27/h7-12,15,20H,2-6,13-14H2,1H3/t20-/m0/s1. The highest BCUT2D eigenvalue weighted by molar-refractivity contribution is 6.34. The SMILES string of the molecule is CCOc1ccc([C@@H]2CCCN2C(=O)c2ccc(Cl)c(N3CCCC3=O)c2)cc1. The number of nitrogens with zero attached hydrogens (tertiary/aromatic N) is 2. The number of likely N-dealkylation sites (tertiary alicyclic amines) is 1. The van der Waals surface area contributed by atoms with Gasteiger partial charge in [-0.15, -0.1) is 0 Å². The van der Waals surface area contributed by atoms with Gasteiger partial charge in [0.2, 0.25) is 5.91 Å². The molecule has 2 fully saturated rings. The van der Waals surface area contributed by atoms with Crippen molar-refractivity contribution in [3.05, 3.63) is 58.6 Å². The minimum absolute atomic E-state index is 0.0223. The van der Waals surface area contributed by atoms with Crippen molar-refractivity contribution in [2.45, 2.75) is 38.6 Å². The molecule has 2 aromatic carbocycles. The van der Waals surface area contributed by atoms with Gasteiger partial charge in [0.1, 0.15) is 5.75 Å². The second-order valence-electron chi connectivity index (χ2n) is 7.47. The zero-order valence-electron chi connectivity index (χ0n) is 16.6. The van der Waals surface area contributed by atoms with Crippen LogP contribution in [-0.4, -0.2) is 36.4 Å². The molecule has 0 saturated carbocycles. The van der Waals surface area contributed by atoms with Crippen LogP contribution in [0.1, 0.15) is 54.6 Å². The summed E-state index contributed by atoms with van der Waals surface area (Å²) in [6.07, 6.45) is 3.25. The van der Waals surface area contributed by atoms with Gasteiger partial charge in [0.05, 0.1) is 23.4 Å². The average Bonchev–Trinajstić information content (AvgIpc) is 3.38. The van der Waals surface area contributed by atoms with Gasteiger partial charge < -0.3 is 14.5 Å². The van der Waals surface area contributed by atoms with Crippen LogP contribution in [0.25, 0.3) is 0 Å². The molecule has 0 spiro atoms. The molecule has 152 valence electrons. The van der Waals surface area contributed by atoms with Gasteiger partial charge in [0.15, 0.2) is 0 Å². The molecule has 0 aliphatic carbocycles. The van der Waals surface area contributed by atoms with Crippen LogP contribution in [-0.2, 0) is 4.79 Å². The Morgan fingerprint density at radius 2 is 1.93 bits per heavy atom. The summed E-state index contributed by atoms with van der Waals surface area (Å²) >= 11 is 6.34. The maximum atomic E-state index is 13.3. The van der Waals surface area contributed by atoms with Crippen LogP contribution in [0.2, 0.25) is 5.02 Å². The van der Waals surface area contributed by atoms with Crippen LogP contribution in [0.3, 0.4) is 0 Å². The van der Waals surface area contributed by atoms with Crippen LogP contribution in [0.15, 0.2) is 42.5 Å². The molecule has 0 N–H and O–H groups in total. The van der Waals surface area contributed by atoms with Crippen molar-refractivity contribution < 1.29 is 14.3 Å². The van der Waals surface area contributed by atoms with E-state index in [2.05, 4.69) is 0 Å². The highest BCUT2D eigenvalue weighted by Gasteiger charge is 2.31. The quantitative estimate of drug-likeness (QED) is 0.705. The van der Waals surface area contributed by atoms with Crippen LogP contribution >= 0.6 is 11.6 Å². The first-order valence-corrected chi connectivity index (χ1v) is 10.6. The van der Waals surface area contributed by atoms with E-state index in [1.165, 1.54) is 0 Å². The first-order valence-electron chi connectivity index (χ1n) is 10.2. The summed E-state index contributed by atoms with van der Waals surface area (Å²) in [5, 5.41) is 0.501. The summed E-state index contributed by atoms with van der Waals surface area (Å²) in [6.45, 7) is 3.96. The number of hydrogen-bond donors (Lipinski definition) is 0. The van der Waals surface area contributed by atoms with Crippen molar-refractivity contribution in [2.24, 2.45) is 0 Å². The zero-order chi connectivity index (χ0) is 20.4. The lowest BCUT2D eigenvalue weighted by atomic mass is 10.0. The van der Waals surface area contributed by atoms with Crippen LogP contribution in [0, 0.1) is 0 Å². The fourth-order valence-corrected chi connectivity index (χ4v) is 4.45. The van der Waals surface area contributed by atoms with Crippen molar-refractivity contribution in [3.63, 3.8) is 0 Å². The zero-order valence-corrected chi connectivity index (χ0v) is 17.3. The van der Waals surface area contributed by atoms with E-state index < -0.39 is 0 Å². The Hall–Kier alpha value is -2.53. The highest BCUT2D eigenvalue weighted by atomic mass is 35.5. The number of carbonyl (C=O) groups is 2. The molecule has 2 saturated heterocycles. The molecule has 0 aromatic heterocycles. The number of halogens is 1. The minimum Gasteiger partial charge on any atom is -0.494 e. The third-order valence-corrected chi connectivity index (χ3v) is 5.97. The predicted octanol–water partition coefficient (Wildman–Crippen LogP) is 4.84. The fraction of sp³-hybridized carbons (Fsp3) is 0.391. The molecule has 0 unspecified atom stereocenters. The predicted molar refractivity (Wildman–Crippen MR) is 114 cm³/mol. The van der Waals surface area contributed by atoms with E-state index in [1.54, 1.807) is 23.1 Å². The Morgan fingerprint density at radius 1 is 1.14 bits per heavy atom. The number of benzene rings is 2. The van der Waals surface area contributed by atoms with Gasteiger partial charge in [-0.25, -0.2) is 0 Å². The minimum atomic E-state index is -0.0223. The second kappa shape index (κ2) is 8.46. The van der Waals surface area contributed by atoms with Gasteiger partial charge in [-0.3, -0.25) is 9.59 Å². The fourth-order valence-electron chi connectivity index (χ4n) is 4.23. The largest absolute Gasteiger partial charge is 0.494 e. The van der Waals surface area contributed by atoms with Gasteiger partial charge in [0, 0.05) is 25.1 Å². The summed E-state index contributed by atoms with van der Waals surface area (Å²) in [4.78, 5) is 29.1. The van der Waals surface area contributed by atoms with Crippen molar-refractivity contribution >= 4 is 29.1 Å². The smallest absolute Gasteiger partial charge is 0.254 e. The average molecular weight is 413 g/mol. The molecule has 6 heteroatoms. The number of amides is 2. The van der Waals surface area contributed by atoms with Gasteiger partial charge >= 0.3 is 0 Å².